The summed E-state index contributed by atoms with van der Waals surface area (Å²) in [5, 5.41) is 5.82. The fraction of sp³-hybridized carbons (Fsp3) is 0.200. The second-order valence-electron chi connectivity index (χ2n) is 4.73. The number of sulfonamides is 1. The summed E-state index contributed by atoms with van der Waals surface area (Å²) in [5.74, 6) is 0.748. The fourth-order valence-electron chi connectivity index (χ4n) is 2.08. The van der Waals surface area contributed by atoms with E-state index in [9.17, 15) is 8.42 Å². The second kappa shape index (κ2) is 6.61. The van der Waals surface area contributed by atoms with Gasteiger partial charge >= 0.3 is 0 Å². The Morgan fingerprint density at radius 2 is 1.96 bits per heavy atom. The molecule has 3 rings (SSSR count). The molecule has 0 N–H and O–H groups in total. The van der Waals surface area contributed by atoms with Crippen LogP contribution in [0, 0.1) is 0 Å². The lowest BCUT2D eigenvalue weighted by molar-refractivity contribution is 0.321. The molecular formula is C15H15N3O3S2. The first-order valence-corrected chi connectivity index (χ1v) is 9.35. The summed E-state index contributed by atoms with van der Waals surface area (Å²) in [7, 11) is -3.59. The molecule has 0 saturated carbocycles. The second-order valence-corrected chi connectivity index (χ2v) is 7.62. The molecule has 0 saturated heterocycles. The minimum absolute atomic E-state index is 0.0477. The normalized spacial score (nSPS) is 11.9. The summed E-state index contributed by atoms with van der Waals surface area (Å²) in [6.45, 7) is 2.14. The predicted molar refractivity (Wildman–Crippen MR) is 87.3 cm³/mol. The predicted octanol–water partition coefficient (Wildman–Crippen LogP) is 3.01. The highest BCUT2D eigenvalue weighted by Gasteiger charge is 2.25. The summed E-state index contributed by atoms with van der Waals surface area (Å²) in [5.41, 5.74) is 0. The molecule has 0 bridgehead atoms. The van der Waals surface area contributed by atoms with Crippen LogP contribution >= 0.6 is 11.3 Å². The number of nitrogens with zero attached hydrogens (tertiary/aromatic N) is 3. The summed E-state index contributed by atoms with van der Waals surface area (Å²) < 4.78 is 31.8. The number of hydrogen-bond acceptors (Lipinski definition) is 6. The Balaban J connectivity index is 1.83. The maximum Gasteiger partial charge on any atom is 0.243 e. The molecule has 0 spiro atoms. The zero-order valence-corrected chi connectivity index (χ0v) is 14.0. The van der Waals surface area contributed by atoms with Gasteiger partial charge in [0.05, 0.1) is 16.3 Å². The Kier molecular flexibility index (Phi) is 4.56. The van der Waals surface area contributed by atoms with Crippen molar-refractivity contribution in [2.75, 3.05) is 6.54 Å². The van der Waals surface area contributed by atoms with Crippen molar-refractivity contribution >= 4 is 21.4 Å². The molecule has 120 valence electrons. The van der Waals surface area contributed by atoms with Gasteiger partial charge in [0.25, 0.3) is 0 Å². The lowest BCUT2D eigenvalue weighted by atomic mass is 10.4. The van der Waals surface area contributed by atoms with Crippen molar-refractivity contribution in [2.24, 2.45) is 0 Å². The summed E-state index contributed by atoms with van der Waals surface area (Å²) in [6, 6.07) is 12.1. The lowest BCUT2D eigenvalue weighted by Gasteiger charge is -2.18. The van der Waals surface area contributed by atoms with Gasteiger partial charge in [0.1, 0.15) is 0 Å². The molecule has 0 aliphatic rings. The highest BCUT2D eigenvalue weighted by molar-refractivity contribution is 7.89. The average Bonchev–Trinajstić information content (AvgIpc) is 3.24. The van der Waals surface area contributed by atoms with E-state index in [1.165, 1.54) is 15.6 Å². The van der Waals surface area contributed by atoms with E-state index < -0.39 is 10.0 Å². The van der Waals surface area contributed by atoms with Crippen LogP contribution in [0.4, 0.5) is 0 Å². The maximum atomic E-state index is 12.6. The smallest absolute Gasteiger partial charge is 0.243 e. The van der Waals surface area contributed by atoms with E-state index >= 15 is 0 Å². The highest BCUT2D eigenvalue weighted by Crippen LogP contribution is 2.23. The van der Waals surface area contributed by atoms with Gasteiger partial charge in [0.15, 0.2) is 0 Å². The van der Waals surface area contributed by atoms with Gasteiger partial charge in [-0.15, -0.1) is 11.3 Å². The zero-order chi connectivity index (χ0) is 16.3. The van der Waals surface area contributed by atoms with E-state index in [4.69, 9.17) is 4.52 Å². The summed E-state index contributed by atoms with van der Waals surface area (Å²) in [4.78, 5) is 5.41. The van der Waals surface area contributed by atoms with Crippen LogP contribution in [0.25, 0.3) is 10.7 Å². The van der Waals surface area contributed by atoms with Crippen LogP contribution in [0.3, 0.4) is 0 Å². The van der Waals surface area contributed by atoms with E-state index in [2.05, 4.69) is 10.1 Å². The van der Waals surface area contributed by atoms with Crippen LogP contribution in [0.1, 0.15) is 12.8 Å². The standard InChI is InChI=1S/C15H15N3O3S2/c1-2-18(23(19,20)12-7-4-3-5-8-12)11-14-16-15(17-21-14)13-9-6-10-22-13/h3-10H,2,11H2,1H3. The van der Waals surface area contributed by atoms with E-state index in [-0.39, 0.29) is 17.3 Å². The molecule has 3 aromatic rings. The molecule has 2 heterocycles. The van der Waals surface area contributed by atoms with Crippen LogP contribution in [-0.4, -0.2) is 29.4 Å². The first-order valence-electron chi connectivity index (χ1n) is 7.03. The maximum absolute atomic E-state index is 12.6. The van der Waals surface area contributed by atoms with Crippen molar-refractivity contribution in [2.45, 2.75) is 18.4 Å². The Labute approximate surface area is 138 Å². The van der Waals surface area contributed by atoms with Gasteiger partial charge in [-0.25, -0.2) is 8.42 Å². The SMILES string of the molecule is CCN(Cc1nc(-c2cccs2)no1)S(=O)(=O)c1ccccc1. The molecular weight excluding hydrogens is 334 g/mol. The minimum atomic E-state index is -3.59. The Bertz CT molecular complexity index is 859. The van der Waals surface area contributed by atoms with Crippen LogP contribution in [0.5, 0.6) is 0 Å². The summed E-state index contributed by atoms with van der Waals surface area (Å²) >= 11 is 1.50. The van der Waals surface area contributed by atoms with Gasteiger partial charge in [-0.3, -0.25) is 0 Å². The van der Waals surface area contributed by atoms with Crippen LogP contribution in [-0.2, 0) is 16.6 Å². The molecule has 0 aliphatic heterocycles. The van der Waals surface area contributed by atoms with Crippen molar-refractivity contribution in [3.8, 4) is 10.7 Å². The molecule has 0 aliphatic carbocycles. The quantitative estimate of drug-likeness (QED) is 0.684. The number of aromatic nitrogens is 2. The van der Waals surface area contributed by atoms with Gasteiger partial charge < -0.3 is 4.52 Å². The minimum Gasteiger partial charge on any atom is -0.337 e. The zero-order valence-electron chi connectivity index (χ0n) is 12.4. The van der Waals surface area contributed by atoms with Gasteiger partial charge in [0, 0.05) is 6.54 Å². The molecule has 0 radical (unpaired) electrons. The first kappa shape index (κ1) is 15.9. The number of thiophene rings is 1. The van der Waals surface area contributed by atoms with Crippen LogP contribution in [0.15, 0.2) is 57.3 Å². The first-order chi connectivity index (χ1) is 11.1. The Morgan fingerprint density at radius 3 is 2.61 bits per heavy atom. The number of rotatable bonds is 6. The van der Waals surface area contributed by atoms with E-state index in [1.807, 2.05) is 17.5 Å². The van der Waals surface area contributed by atoms with Crippen molar-refractivity contribution < 1.29 is 12.9 Å². The molecule has 1 aromatic carbocycles. The molecule has 0 unspecified atom stereocenters. The van der Waals surface area contributed by atoms with Gasteiger partial charge in [-0.2, -0.15) is 9.29 Å². The van der Waals surface area contributed by atoms with Crippen LogP contribution in [0.2, 0.25) is 0 Å². The molecule has 2 aromatic heterocycles. The van der Waals surface area contributed by atoms with Crippen molar-refractivity contribution in [1.82, 2.24) is 14.4 Å². The summed E-state index contributed by atoms with van der Waals surface area (Å²) in [6.07, 6.45) is 0. The van der Waals surface area contributed by atoms with Gasteiger partial charge in [-0.1, -0.05) is 36.3 Å². The molecule has 8 heteroatoms. The Hall–Kier alpha value is -2.03. The molecule has 23 heavy (non-hydrogen) atoms. The lowest BCUT2D eigenvalue weighted by Crippen LogP contribution is -2.30. The molecule has 0 atom stereocenters. The van der Waals surface area contributed by atoms with Gasteiger partial charge in [0.2, 0.25) is 21.7 Å². The third-order valence-corrected chi connectivity index (χ3v) is 6.06. The molecule has 0 amide bonds. The Morgan fingerprint density at radius 1 is 1.17 bits per heavy atom. The third-order valence-electron chi connectivity index (χ3n) is 3.25. The highest BCUT2D eigenvalue weighted by atomic mass is 32.2. The van der Waals surface area contributed by atoms with E-state index in [1.54, 1.807) is 37.3 Å². The monoisotopic (exact) mass is 349 g/mol. The largest absolute Gasteiger partial charge is 0.337 e. The molecule has 6 nitrogen and oxygen atoms in total. The topological polar surface area (TPSA) is 76.3 Å². The molecule has 0 fully saturated rings. The number of hydrogen-bond donors (Lipinski definition) is 0. The fourth-order valence-corrected chi connectivity index (χ4v) is 4.15. The van der Waals surface area contributed by atoms with E-state index in [0.29, 0.717) is 12.4 Å². The van der Waals surface area contributed by atoms with E-state index in [0.717, 1.165) is 4.88 Å². The number of benzene rings is 1. The third kappa shape index (κ3) is 3.34. The van der Waals surface area contributed by atoms with Crippen molar-refractivity contribution in [3.05, 3.63) is 53.7 Å². The van der Waals surface area contributed by atoms with Crippen LogP contribution < -0.4 is 0 Å². The van der Waals surface area contributed by atoms with Gasteiger partial charge in [-0.05, 0) is 23.6 Å². The van der Waals surface area contributed by atoms with Crippen molar-refractivity contribution in [3.63, 3.8) is 0 Å². The van der Waals surface area contributed by atoms with Crippen molar-refractivity contribution in [1.29, 1.82) is 0 Å². The average molecular weight is 349 g/mol.